The van der Waals surface area contributed by atoms with Crippen molar-refractivity contribution in [3.63, 3.8) is 0 Å². The molecule has 2 atom stereocenters. The standard InChI is InChI=1S/C18H26FNO4/c1-3-7-22-12-15(21)10-20-6-8-23-16(11-20)13-24-18-9-14(2)4-5-17(18)19/h3-5,9,15-16,21H,1,6-8,10-13H2,2H3. The van der Waals surface area contributed by atoms with E-state index in [2.05, 4.69) is 11.5 Å². The number of aliphatic hydroxyl groups excluding tert-OH is 1. The lowest BCUT2D eigenvalue weighted by molar-refractivity contribution is -0.0639. The molecule has 2 unspecified atom stereocenters. The monoisotopic (exact) mass is 339 g/mol. The molecule has 1 aliphatic heterocycles. The molecule has 0 aromatic heterocycles. The average Bonchev–Trinajstić information content (AvgIpc) is 2.56. The Hall–Kier alpha value is -1.47. The van der Waals surface area contributed by atoms with E-state index in [0.29, 0.717) is 26.3 Å². The molecule has 134 valence electrons. The third-order valence-electron chi connectivity index (χ3n) is 3.75. The first-order chi connectivity index (χ1) is 11.6. The number of β-amino-alcohol motifs (C(OH)–C–C–N with tert-alkyl or cyclic N) is 1. The van der Waals surface area contributed by atoms with E-state index in [0.717, 1.165) is 12.1 Å². The lowest BCUT2D eigenvalue weighted by atomic mass is 10.2. The number of halogens is 1. The predicted molar refractivity (Wildman–Crippen MR) is 89.8 cm³/mol. The molecule has 0 saturated carbocycles. The molecular weight excluding hydrogens is 313 g/mol. The minimum Gasteiger partial charge on any atom is -0.488 e. The Morgan fingerprint density at radius 1 is 1.54 bits per heavy atom. The van der Waals surface area contributed by atoms with Gasteiger partial charge in [-0.15, -0.1) is 6.58 Å². The highest BCUT2D eigenvalue weighted by Gasteiger charge is 2.23. The number of benzene rings is 1. The van der Waals surface area contributed by atoms with Gasteiger partial charge in [-0.3, -0.25) is 4.90 Å². The smallest absolute Gasteiger partial charge is 0.165 e. The minimum atomic E-state index is -0.557. The van der Waals surface area contributed by atoms with Crippen LogP contribution in [0.2, 0.25) is 0 Å². The highest BCUT2D eigenvalue weighted by Crippen LogP contribution is 2.19. The third kappa shape index (κ3) is 6.20. The molecule has 1 heterocycles. The summed E-state index contributed by atoms with van der Waals surface area (Å²) < 4.78 is 30.2. The summed E-state index contributed by atoms with van der Waals surface area (Å²) in [7, 11) is 0. The van der Waals surface area contributed by atoms with Crippen LogP contribution < -0.4 is 4.74 Å². The van der Waals surface area contributed by atoms with Crippen LogP contribution in [0.5, 0.6) is 5.75 Å². The Labute approximate surface area is 142 Å². The summed E-state index contributed by atoms with van der Waals surface area (Å²) >= 11 is 0. The quantitative estimate of drug-likeness (QED) is 0.549. The zero-order valence-corrected chi connectivity index (χ0v) is 14.1. The van der Waals surface area contributed by atoms with E-state index in [-0.39, 0.29) is 30.9 Å². The number of hydrogen-bond donors (Lipinski definition) is 1. The predicted octanol–water partition coefficient (Wildman–Crippen LogP) is 1.78. The van der Waals surface area contributed by atoms with Crippen molar-refractivity contribution in [3.05, 3.63) is 42.2 Å². The van der Waals surface area contributed by atoms with E-state index >= 15 is 0 Å². The molecule has 5 nitrogen and oxygen atoms in total. The van der Waals surface area contributed by atoms with Crippen molar-refractivity contribution in [3.8, 4) is 5.75 Å². The van der Waals surface area contributed by atoms with Gasteiger partial charge in [0.2, 0.25) is 0 Å². The van der Waals surface area contributed by atoms with Crippen molar-refractivity contribution in [2.75, 3.05) is 46.1 Å². The van der Waals surface area contributed by atoms with Crippen LogP contribution in [0.4, 0.5) is 4.39 Å². The molecule has 0 spiro atoms. The Morgan fingerprint density at radius 3 is 3.17 bits per heavy atom. The van der Waals surface area contributed by atoms with Gasteiger partial charge in [-0.1, -0.05) is 12.1 Å². The van der Waals surface area contributed by atoms with Gasteiger partial charge in [-0.05, 0) is 24.6 Å². The second kappa shape index (κ2) is 9.74. The number of hydrogen-bond acceptors (Lipinski definition) is 5. The van der Waals surface area contributed by atoms with E-state index in [9.17, 15) is 9.50 Å². The second-order valence-corrected chi connectivity index (χ2v) is 5.98. The van der Waals surface area contributed by atoms with Crippen molar-refractivity contribution in [1.29, 1.82) is 0 Å². The molecule has 0 amide bonds. The fourth-order valence-electron chi connectivity index (χ4n) is 2.59. The molecule has 1 aromatic carbocycles. The van der Waals surface area contributed by atoms with Crippen LogP contribution in [0.15, 0.2) is 30.9 Å². The summed E-state index contributed by atoms with van der Waals surface area (Å²) in [4.78, 5) is 2.10. The van der Waals surface area contributed by atoms with Crippen LogP contribution in [0.3, 0.4) is 0 Å². The number of morpholine rings is 1. The lowest BCUT2D eigenvalue weighted by Crippen LogP contribution is -2.48. The number of ether oxygens (including phenoxy) is 3. The molecule has 0 radical (unpaired) electrons. The van der Waals surface area contributed by atoms with E-state index < -0.39 is 6.10 Å². The van der Waals surface area contributed by atoms with Gasteiger partial charge in [0, 0.05) is 19.6 Å². The fourth-order valence-corrected chi connectivity index (χ4v) is 2.59. The fraction of sp³-hybridized carbons (Fsp3) is 0.556. The van der Waals surface area contributed by atoms with Gasteiger partial charge in [0.05, 0.1) is 25.9 Å². The van der Waals surface area contributed by atoms with E-state index in [1.807, 2.05) is 6.92 Å². The van der Waals surface area contributed by atoms with Gasteiger partial charge in [-0.25, -0.2) is 4.39 Å². The SMILES string of the molecule is C=CCOCC(O)CN1CCOC(COc2cc(C)ccc2F)C1. The zero-order valence-electron chi connectivity index (χ0n) is 14.1. The van der Waals surface area contributed by atoms with Gasteiger partial charge in [0.1, 0.15) is 12.7 Å². The Kier molecular flexibility index (Phi) is 7.65. The molecule has 1 N–H and O–H groups in total. The summed E-state index contributed by atoms with van der Waals surface area (Å²) in [6, 6.07) is 4.78. The molecule has 1 aliphatic rings. The average molecular weight is 339 g/mol. The molecule has 24 heavy (non-hydrogen) atoms. The minimum absolute atomic E-state index is 0.153. The third-order valence-corrected chi connectivity index (χ3v) is 3.75. The number of aliphatic hydroxyl groups is 1. The lowest BCUT2D eigenvalue weighted by Gasteiger charge is -2.33. The topological polar surface area (TPSA) is 51.2 Å². The summed E-state index contributed by atoms with van der Waals surface area (Å²) in [6.45, 7) is 8.88. The highest BCUT2D eigenvalue weighted by atomic mass is 19.1. The van der Waals surface area contributed by atoms with Gasteiger partial charge in [-0.2, -0.15) is 0 Å². The molecule has 0 bridgehead atoms. The second-order valence-electron chi connectivity index (χ2n) is 5.98. The van der Waals surface area contributed by atoms with Gasteiger partial charge < -0.3 is 19.3 Å². The summed E-state index contributed by atoms with van der Waals surface area (Å²) in [5, 5.41) is 9.97. The zero-order chi connectivity index (χ0) is 17.4. The first kappa shape index (κ1) is 18.9. The number of rotatable bonds is 9. The molecule has 2 rings (SSSR count). The normalized spacial score (nSPS) is 19.9. The van der Waals surface area contributed by atoms with Crippen molar-refractivity contribution >= 4 is 0 Å². The first-order valence-electron chi connectivity index (χ1n) is 8.18. The Balaban J connectivity index is 1.76. The van der Waals surface area contributed by atoms with Gasteiger partial charge in [0.25, 0.3) is 0 Å². The van der Waals surface area contributed by atoms with E-state index in [4.69, 9.17) is 14.2 Å². The largest absolute Gasteiger partial charge is 0.488 e. The van der Waals surface area contributed by atoms with Gasteiger partial charge >= 0.3 is 0 Å². The Morgan fingerprint density at radius 2 is 2.38 bits per heavy atom. The maximum absolute atomic E-state index is 13.7. The summed E-state index contributed by atoms with van der Waals surface area (Å²) in [6.07, 6.45) is 0.943. The van der Waals surface area contributed by atoms with Crippen LogP contribution in [-0.4, -0.2) is 68.3 Å². The molecular formula is C18H26FNO4. The molecule has 6 heteroatoms. The molecule has 1 saturated heterocycles. The van der Waals surface area contributed by atoms with Crippen molar-refractivity contribution in [2.45, 2.75) is 19.1 Å². The van der Waals surface area contributed by atoms with E-state index in [1.54, 1.807) is 18.2 Å². The van der Waals surface area contributed by atoms with Crippen molar-refractivity contribution in [1.82, 2.24) is 4.90 Å². The van der Waals surface area contributed by atoms with Crippen molar-refractivity contribution in [2.24, 2.45) is 0 Å². The highest BCUT2D eigenvalue weighted by molar-refractivity contribution is 5.29. The molecule has 1 aromatic rings. The number of aryl methyl sites for hydroxylation is 1. The van der Waals surface area contributed by atoms with Crippen LogP contribution >= 0.6 is 0 Å². The van der Waals surface area contributed by atoms with Crippen LogP contribution in [-0.2, 0) is 9.47 Å². The molecule has 1 fully saturated rings. The van der Waals surface area contributed by atoms with Crippen LogP contribution in [0.1, 0.15) is 5.56 Å². The maximum Gasteiger partial charge on any atom is 0.165 e. The first-order valence-corrected chi connectivity index (χ1v) is 8.18. The molecule has 0 aliphatic carbocycles. The Bertz CT molecular complexity index is 526. The van der Waals surface area contributed by atoms with Gasteiger partial charge in [0.15, 0.2) is 11.6 Å². The van der Waals surface area contributed by atoms with E-state index in [1.165, 1.54) is 6.07 Å². The number of nitrogens with zero attached hydrogens (tertiary/aromatic N) is 1. The maximum atomic E-state index is 13.7. The van der Waals surface area contributed by atoms with Crippen LogP contribution in [0, 0.1) is 12.7 Å². The summed E-state index contributed by atoms with van der Waals surface area (Å²) in [5.74, 6) is -0.128. The van der Waals surface area contributed by atoms with Crippen molar-refractivity contribution < 1.29 is 23.7 Å². The van der Waals surface area contributed by atoms with Crippen LogP contribution in [0.25, 0.3) is 0 Å². The summed E-state index contributed by atoms with van der Waals surface area (Å²) in [5.41, 5.74) is 0.945.